The zero-order chi connectivity index (χ0) is 26.1. The van der Waals surface area contributed by atoms with Crippen LogP contribution < -0.4 is 19.5 Å². The van der Waals surface area contributed by atoms with Gasteiger partial charge in [0.25, 0.3) is 5.91 Å². The highest BCUT2D eigenvalue weighted by molar-refractivity contribution is 5.94. The Bertz CT molecular complexity index is 1470. The van der Waals surface area contributed by atoms with Gasteiger partial charge in [0.05, 0.1) is 12.8 Å². The first-order chi connectivity index (χ1) is 18.6. The van der Waals surface area contributed by atoms with Gasteiger partial charge in [0.15, 0.2) is 17.3 Å². The Kier molecular flexibility index (Phi) is 6.38. The molecule has 10 nitrogen and oxygen atoms in total. The van der Waals surface area contributed by atoms with Gasteiger partial charge in [-0.15, -0.1) is 5.10 Å². The largest absolute Gasteiger partial charge is 0.492 e. The molecule has 1 aromatic heterocycles. The van der Waals surface area contributed by atoms with E-state index in [0.29, 0.717) is 40.9 Å². The van der Waals surface area contributed by atoms with Gasteiger partial charge in [-0.3, -0.25) is 9.69 Å². The lowest BCUT2D eigenvalue weighted by Gasteiger charge is -2.34. The lowest BCUT2D eigenvalue weighted by molar-refractivity contribution is 0.0954. The minimum absolute atomic E-state index is 0.146. The number of likely N-dealkylation sites (N-methyl/N-ethyl adjacent to an activating group) is 1. The molecule has 3 heterocycles. The molecule has 0 saturated carbocycles. The molecule has 0 fully saturated rings. The number of carbonyl (C=O) groups excluding carboxylic acids is 1. The first-order valence-corrected chi connectivity index (χ1v) is 12.5. The van der Waals surface area contributed by atoms with Gasteiger partial charge in [0, 0.05) is 24.2 Å². The Morgan fingerprint density at radius 1 is 1.13 bits per heavy atom. The van der Waals surface area contributed by atoms with Crippen molar-refractivity contribution in [2.75, 3.05) is 34.0 Å². The van der Waals surface area contributed by atoms with Crippen LogP contribution in [0.4, 0.5) is 0 Å². The lowest BCUT2D eigenvalue weighted by Crippen LogP contribution is -2.35. The number of rotatable bonds is 7. The molecule has 1 atom stereocenters. The fraction of sp³-hybridized carbons (Fsp3) is 0.286. The first kappa shape index (κ1) is 23.9. The van der Waals surface area contributed by atoms with E-state index in [1.165, 1.54) is 5.56 Å². The summed E-state index contributed by atoms with van der Waals surface area (Å²) in [6, 6.07) is 19.1. The number of aromatic nitrogens is 4. The van der Waals surface area contributed by atoms with Crippen LogP contribution >= 0.6 is 0 Å². The van der Waals surface area contributed by atoms with Crippen molar-refractivity contribution in [1.82, 2.24) is 30.4 Å². The number of ether oxygens (including phenoxy) is 3. The molecule has 1 amide bonds. The standard InChI is InChI=1S/C28H28N6O4/c1-33-14-12-19-16-22-25(38-17-37-22)26(36-2)23(19)24(33)27-30-31-32-34(27)21-10-6-9-20(15-21)28(35)29-13-11-18-7-4-3-5-8-18/h3-10,15-16,24H,11-14,17H2,1-2H3,(H,29,35)/t24-/m1/s1. The van der Waals surface area contributed by atoms with E-state index in [4.69, 9.17) is 14.2 Å². The molecular formula is C28H28N6O4. The third-order valence-electron chi connectivity index (χ3n) is 7.03. The molecule has 0 radical (unpaired) electrons. The quantitative estimate of drug-likeness (QED) is 0.403. The summed E-state index contributed by atoms with van der Waals surface area (Å²) >= 11 is 0. The average Bonchev–Trinajstić information content (AvgIpc) is 3.62. The Balaban J connectivity index is 1.30. The summed E-state index contributed by atoms with van der Waals surface area (Å²) in [6.45, 7) is 1.51. The summed E-state index contributed by atoms with van der Waals surface area (Å²) in [6.07, 6.45) is 1.59. The Hall–Kier alpha value is -4.44. The summed E-state index contributed by atoms with van der Waals surface area (Å²) in [4.78, 5) is 15.1. The molecule has 2 aliphatic rings. The van der Waals surface area contributed by atoms with Crippen molar-refractivity contribution in [1.29, 1.82) is 0 Å². The number of tetrazole rings is 1. The number of nitrogens with zero attached hydrogens (tertiary/aromatic N) is 5. The zero-order valence-electron chi connectivity index (χ0n) is 21.3. The molecule has 6 rings (SSSR count). The van der Waals surface area contributed by atoms with E-state index in [2.05, 4.69) is 37.9 Å². The Labute approximate surface area is 220 Å². The highest BCUT2D eigenvalue weighted by atomic mass is 16.7. The molecule has 0 bridgehead atoms. The SMILES string of the molecule is COc1c2c(cc3c1[C@H](c1nnnn1-c1cccc(C(=O)NCCc4ccccc4)c1)N(C)CC3)OCO2. The van der Waals surface area contributed by atoms with E-state index in [-0.39, 0.29) is 18.7 Å². The van der Waals surface area contributed by atoms with E-state index >= 15 is 0 Å². The van der Waals surface area contributed by atoms with Gasteiger partial charge in [0.1, 0.15) is 6.04 Å². The van der Waals surface area contributed by atoms with Gasteiger partial charge < -0.3 is 19.5 Å². The number of hydrogen-bond donors (Lipinski definition) is 1. The number of fused-ring (bicyclic) bond motifs is 2. The van der Waals surface area contributed by atoms with Crippen molar-refractivity contribution in [3.63, 3.8) is 0 Å². The molecule has 10 heteroatoms. The van der Waals surface area contributed by atoms with Crippen molar-refractivity contribution in [3.8, 4) is 22.9 Å². The molecule has 0 spiro atoms. The summed E-state index contributed by atoms with van der Waals surface area (Å²) in [5.74, 6) is 2.39. The fourth-order valence-corrected chi connectivity index (χ4v) is 5.15. The fourth-order valence-electron chi connectivity index (χ4n) is 5.15. The first-order valence-electron chi connectivity index (χ1n) is 12.5. The van der Waals surface area contributed by atoms with Crippen LogP contribution in [-0.2, 0) is 12.8 Å². The van der Waals surface area contributed by atoms with E-state index in [0.717, 1.165) is 30.5 Å². The van der Waals surface area contributed by atoms with Gasteiger partial charge >= 0.3 is 0 Å². The van der Waals surface area contributed by atoms with E-state index in [9.17, 15) is 4.79 Å². The lowest BCUT2D eigenvalue weighted by atomic mass is 9.90. The van der Waals surface area contributed by atoms with Crippen LogP contribution in [0.15, 0.2) is 60.7 Å². The van der Waals surface area contributed by atoms with Gasteiger partial charge in [-0.2, -0.15) is 4.68 Å². The maximum atomic E-state index is 12.9. The second-order valence-corrected chi connectivity index (χ2v) is 9.34. The molecule has 2 aliphatic heterocycles. The number of carbonyl (C=O) groups is 1. The molecule has 3 aromatic carbocycles. The molecule has 0 unspecified atom stereocenters. The van der Waals surface area contributed by atoms with Crippen molar-refractivity contribution >= 4 is 5.91 Å². The predicted octanol–water partition coefficient (Wildman–Crippen LogP) is 2.95. The second-order valence-electron chi connectivity index (χ2n) is 9.34. The summed E-state index contributed by atoms with van der Waals surface area (Å²) in [5.41, 5.74) is 4.47. The monoisotopic (exact) mass is 512 g/mol. The van der Waals surface area contributed by atoms with Gasteiger partial charge in [-0.1, -0.05) is 36.4 Å². The van der Waals surface area contributed by atoms with E-state index < -0.39 is 0 Å². The van der Waals surface area contributed by atoms with E-state index in [1.807, 2.05) is 43.4 Å². The van der Waals surface area contributed by atoms with Crippen LogP contribution in [0.2, 0.25) is 0 Å². The minimum atomic E-state index is -0.290. The molecule has 4 aromatic rings. The topological polar surface area (TPSA) is 104 Å². The molecule has 194 valence electrons. The minimum Gasteiger partial charge on any atom is -0.492 e. The van der Waals surface area contributed by atoms with Gasteiger partial charge in [0.2, 0.25) is 12.5 Å². The third kappa shape index (κ3) is 4.32. The molecule has 0 aliphatic carbocycles. The van der Waals surface area contributed by atoms with Crippen LogP contribution in [-0.4, -0.2) is 65.1 Å². The third-order valence-corrected chi connectivity index (χ3v) is 7.03. The molecule has 1 N–H and O–H groups in total. The normalized spacial score (nSPS) is 16.2. The number of benzene rings is 3. The maximum Gasteiger partial charge on any atom is 0.251 e. The molecule has 38 heavy (non-hydrogen) atoms. The predicted molar refractivity (Wildman–Crippen MR) is 139 cm³/mol. The summed E-state index contributed by atoms with van der Waals surface area (Å²) in [5, 5.41) is 15.7. The highest BCUT2D eigenvalue weighted by Crippen LogP contribution is 2.50. The number of amides is 1. The van der Waals surface area contributed by atoms with Crippen molar-refractivity contribution in [2.24, 2.45) is 0 Å². The van der Waals surface area contributed by atoms with Crippen molar-refractivity contribution in [2.45, 2.75) is 18.9 Å². The van der Waals surface area contributed by atoms with Gasteiger partial charge in [-0.05, 0) is 65.7 Å². The maximum absolute atomic E-state index is 12.9. The van der Waals surface area contributed by atoms with Crippen LogP contribution in [0.25, 0.3) is 5.69 Å². The van der Waals surface area contributed by atoms with Crippen molar-refractivity contribution < 1.29 is 19.0 Å². The number of methoxy groups -OCH3 is 1. The van der Waals surface area contributed by atoms with Crippen LogP contribution in [0.3, 0.4) is 0 Å². The summed E-state index contributed by atoms with van der Waals surface area (Å²) in [7, 11) is 3.67. The van der Waals surface area contributed by atoms with Crippen LogP contribution in [0.5, 0.6) is 17.2 Å². The van der Waals surface area contributed by atoms with Crippen molar-refractivity contribution in [3.05, 3.63) is 88.7 Å². The number of nitrogens with one attached hydrogen (secondary N) is 1. The van der Waals surface area contributed by atoms with Gasteiger partial charge in [-0.25, -0.2) is 0 Å². The highest BCUT2D eigenvalue weighted by Gasteiger charge is 2.37. The van der Waals surface area contributed by atoms with Crippen LogP contribution in [0, 0.1) is 0 Å². The second kappa shape index (κ2) is 10.1. The van der Waals surface area contributed by atoms with E-state index in [1.54, 1.807) is 23.9 Å². The Morgan fingerprint density at radius 3 is 2.84 bits per heavy atom. The Morgan fingerprint density at radius 2 is 2.00 bits per heavy atom. The molecule has 0 saturated heterocycles. The zero-order valence-corrected chi connectivity index (χ0v) is 21.3. The number of hydrogen-bond acceptors (Lipinski definition) is 8. The van der Waals surface area contributed by atoms with Crippen LogP contribution in [0.1, 0.15) is 38.9 Å². The average molecular weight is 513 g/mol. The summed E-state index contributed by atoms with van der Waals surface area (Å²) < 4.78 is 18.9. The molecular weight excluding hydrogens is 484 g/mol. The smallest absolute Gasteiger partial charge is 0.251 e.